The molecule has 0 aromatic rings. The molecule has 0 radical (unpaired) electrons. The fraction of sp³-hybridized carbons (Fsp3) is 0.857. The van der Waals surface area contributed by atoms with E-state index in [1.54, 1.807) is 27.9 Å². The second-order valence-corrected chi connectivity index (χ2v) is 13.9. The Kier molecular flexibility index (Phi) is 19.0. The van der Waals surface area contributed by atoms with Crippen molar-refractivity contribution in [3.8, 4) is 0 Å². The van der Waals surface area contributed by atoms with Crippen molar-refractivity contribution in [3.63, 3.8) is 0 Å². The van der Waals surface area contributed by atoms with Crippen LogP contribution < -0.4 is 10.6 Å². The molecule has 0 aromatic heterocycles. The number of alkyl carbamates (subject to hydrolysis) is 1. The fourth-order valence-corrected chi connectivity index (χ4v) is 5.90. The molecule has 0 saturated heterocycles. The molecule has 4 atom stereocenters. The summed E-state index contributed by atoms with van der Waals surface area (Å²) in [6.45, 7) is 8.72. The van der Waals surface area contributed by atoms with Gasteiger partial charge in [-0.05, 0) is 111 Å². The van der Waals surface area contributed by atoms with E-state index in [1.807, 2.05) is 6.92 Å². The molecule has 2 amide bonds. The van der Waals surface area contributed by atoms with E-state index in [2.05, 4.69) is 10.6 Å². The molecule has 2 N–H and O–H groups in total. The number of amides is 2. The maximum atomic E-state index is 13.1. The van der Waals surface area contributed by atoms with Gasteiger partial charge in [0, 0.05) is 26.3 Å². The van der Waals surface area contributed by atoms with Crippen LogP contribution in [-0.2, 0) is 57.1 Å². The summed E-state index contributed by atoms with van der Waals surface area (Å²) in [4.78, 5) is 61.5. The first-order valence-corrected chi connectivity index (χ1v) is 17.7. The highest BCUT2D eigenvalue weighted by molar-refractivity contribution is 5.85. The third-order valence-electron chi connectivity index (χ3n) is 9.29. The van der Waals surface area contributed by atoms with Crippen molar-refractivity contribution in [3.05, 3.63) is 0 Å². The van der Waals surface area contributed by atoms with Gasteiger partial charge in [-0.3, -0.25) is 4.79 Å². The van der Waals surface area contributed by atoms with Crippen LogP contribution in [0.2, 0.25) is 0 Å². The number of hydrogen-bond acceptors (Lipinski definition) is 13. The van der Waals surface area contributed by atoms with Gasteiger partial charge in [-0.2, -0.15) is 0 Å². The first-order valence-electron chi connectivity index (χ1n) is 17.7. The lowest BCUT2D eigenvalue weighted by Gasteiger charge is -2.35. The number of rotatable bonds is 20. The van der Waals surface area contributed by atoms with Crippen LogP contribution in [0.5, 0.6) is 0 Å². The number of methoxy groups -OCH3 is 2. The average molecular weight is 717 g/mol. The lowest BCUT2D eigenvalue weighted by molar-refractivity contribution is -0.184. The second kappa shape index (κ2) is 22.0. The molecule has 2 fully saturated rings. The van der Waals surface area contributed by atoms with Crippen LogP contribution >= 0.6 is 0 Å². The van der Waals surface area contributed by atoms with Crippen molar-refractivity contribution in [2.45, 2.75) is 141 Å². The second-order valence-electron chi connectivity index (χ2n) is 13.9. The molecule has 2 rings (SSSR count). The molecule has 4 unspecified atom stereocenters. The predicted molar refractivity (Wildman–Crippen MR) is 180 cm³/mol. The lowest BCUT2D eigenvalue weighted by atomic mass is 9.75. The quantitative estimate of drug-likeness (QED) is 0.106. The van der Waals surface area contributed by atoms with Crippen LogP contribution in [0.15, 0.2) is 0 Å². The van der Waals surface area contributed by atoms with Gasteiger partial charge in [0.05, 0.1) is 18.8 Å². The summed E-state index contributed by atoms with van der Waals surface area (Å²) < 4.78 is 41.0. The topological polar surface area (TPSA) is 183 Å². The van der Waals surface area contributed by atoms with Crippen LogP contribution in [0.1, 0.15) is 99.3 Å². The molecule has 0 aliphatic heterocycles. The van der Waals surface area contributed by atoms with E-state index >= 15 is 0 Å². The van der Waals surface area contributed by atoms with Crippen molar-refractivity contribution < 1.29 is 61.9 Å². The highest BCUT2D eigenvalue weighted by Crippen LogP contribution is 2.35. The third kappa shape index (κ3) is 16.3. The molecule has 50 heavy (non-hydrogen) atoms. The Morgan fingerprint density at radius 2 is 1.18 bits per heavy atom. The van der Waals surface area contributed by atoms with E-state index in [0.29, 0.717) is 11.8 Å². The zero-order chi connectivity index (χ0) is 37.3. The molecule has 288 valence electrons. The summed E-state index contributed by atoms with van der Waals surface area (Å²) in [5.74, 6) is -1.61. The van der Waals surface area contributed by atoms with E-state index in [-0.39, 0.29) is 49.5 Å². The zero-order valence-corrected chi connectivity index (χ0v) is 31.1. The molecule has 0 aromatic carbocycles. The Hall–Kier alpha value is -3.01. The minimum Gasteiger partial charge on any atom is -0.452 e. The smallest absolute Gasteiger partial charge is 0.407 e. The summed E-state index contributed by atoms with van der Waals surface area (Å²) in [6, 6.07) is 0.159. The van der Waals surface area contributed by atoms with Crippen molar-refractivity contribution in [1.82, 2.24) is 10.6 Å². The van der Waals surface area contributed by atoms with Gasteiger partial charge in [0.2, 0.25) is 6.79 Å². The Balaban J connectivity index is 1.62. The summed E-state index contributed by atoms with van der Waals surface area (Å²) in [5, 5.41) is 6.05. The Labute approximate surface area is 296 Å². The van der Waals surface area contributed by atoms with Gasteiger partial charge >= 0.3 is 24.0 Å². The molecule has 2 saturated carbocycles. The van der Waals surface area contributed by atoms with Gasteiger partial charge in [-0.15, -0.1) is 0 Å². The first kappa shape index (κ1) is 43.2. The van der Waals surface area contributed by atoms with Gasteiger partial charge in [0.1, 0.15) is 12.2 Å². The highest BCUT2D eigenvalue weighted by Gasteiger charge is 2.36. The first-order chi connectivity index (χ1) is 23.6. The van der Waals surface area contributed by atoms with Crippen LogP contribution in [0.25, 0.3) is 0 Å². The highest BCUT2D eigenvalue weighted by atomic mass is 16.7. The minimum atomic E-state index is -1.33. The molecule has 2 aliphatic rings. The van der Waals surface area contributed by atoms with Gasteiger partial charge in [0.25, 0.3) is 5.91 Å². The van der Waals surface area contributed by atoms with E-state index in [0.717, 1.165) is 57.8 Å². The summed E-state index contributed by atoms with van der Waals surface area (Å²) in [7, 11) is 3.10. The third-order valence-corrected chi connectivity index (χ3v) is 9.29. The number of hydrogen-bond donors (Lipinski definition) is 2. The van der Waals surface area contributed by atoms with Crippen LogP contribution in [-0.4, -0.2) is 113 Å². The van der Waals surface area contributed by atoms with E-state index in [1.165, 1.54) is 21.0 Å². The molecule has 2 aliphatic carbocycles. The maximum Gasteiger partial charge on any atom is 0.407 e. The molecule has 0 heterocycles. The monoisotopic (exact) mass is 716 g/mol. The summed E-state index contributed by atoms with van der Waals surface area (Å²) in [6.07, 6.45) is 6.20. The Morgan fingerprint density at radius 3 is 1.74 bits per heavy atom. The Bertz CT molecular complexity index is 1070. The van der Waals surface area contributed by atoms with Crippen LogP contribution in [0, 0.1) is 11.8 Å². The largest absolute Gasteiger partial charge is 0.452 e. The predicted octanol–water partition coefficient (Wildman–Crippen LogP) is 3.58. The lowest BCUT2D eigenvalue weighted by Crippen LogP contribution is -2.51. The zero-order valence-electron chi connectivity index (χ0n) is 31.1. The van der Waals surface area contributed by atoms with Crippen molar-refractivity contribution in [1.29, 1.82) is 0 Å². The summed E-state index contributed by atoms with van der Waals surface area (Å²) >= 11 is 0. The molecular formula is C35H60N2O13. The standard InChI is InChI=1S/C35H60N2O13/c1-22(43-7)18-45-24(3)31(39)49-21-48-30(38)20-46-32(40)25(4)50-35(5,6)33(41)36-28-13-9-26(10-14-28)17-27-11-15-29(16-12-27)37-34(42)47-19-23(2)44-8/h22-29H,9-21H2,1-8H3,(H,36,41)(H,37,42). The number of esters is 3. The van der Waals surface area contributed by atoms with Crippen molar-refractivity contribution in [2.24, 2.45) is 11.8 Å². The molecule has 15 nitrogen and oxygen atoms in total. The van der Waals surface area contributed by atoms with Gasteiger partial charge in [0.15, 0.2) is 18.8 Å². The molecular weight excluding hydrogens is 656 g/mol. The number of carbonyl (C=O) groups excluding carboxylic acids is 5. The van der Waals surface area contributed by atoms with Gasteiger partial charge in [-0.1, -0.05) is 0 Å². The summed E-state index contributed by atoms with van der Waals surface area (Å²) in [5.41, 5.74) is -1.33. The SMILES string of the molecule is COC(C)COC(=O)NC1CCC(CC2CCC(NC(=O)C(C)(C)OC(C)C(=O)OCC(=O)OCOC(=O)C(C)OCC(C)OC)CC2)CC1. The van der Waals surface area contributed by atoms with Crippen molar-refractivity contribution >= 4 is 29.9 Å². The normalized spacial score (nSPS) is 23.4. The maximum absolute atomic E-state index is 13.1. The Morgan fingerprint density at radius 1 is 0.660 bits per heavy atom. The average Bonchev–Trinajstić information content (AvgIpc) is 3.09. The molecule has 0 bridgehead atoms. The van der Waals surface area contributed by atoms with E-state index < -0.39 is 49.1 Å². The van der Waals surface area contributed by atoms with Crippen LogP contribution in [0.4, 0.5) is 4.79 Å². The number of ether oxygens (including phenoxy) is 8. The van der Waals surface area contributed by atoms with Crippen molar-refractivity contribution in [2.75, 3.05) is 40.8 Å². The molecule has 0 spiro atoms. The minimum absolute atomic E-state index is 0.0167. The van der Waals surface area contributed by atoms with E-state index in [4.69, 9.17) is 37.9 Å². The number of nitrogens with one attached hydrogen (secondary N) is 2. The van der Waals surface area contributed by atoms with E-state index in [9.17, 15) is 24.0 Å². The van der Waals surface area contributed by atoms with Gasteiger partial charge < -0.3 is 48.5 Å². The molecule has 15 heteroatoms. The fourth-order valence-electron chi connectivity index (χ4n) is 5.90. The number of carbonyl (C=O) groups is 5. The van der Waals surface area contributed by atoms with Gasteiger partial charge in [-0.25, -0.2) is 19.2 Å². The van der Waals surface area contributed by atoms with Crippen LogP contribution in [0.3, 0.4) is 0 Å².